The van der Waals surface area contributed by atoms with Crippen molar-refractivity contribution in [3.8, 4) is 5.75 Å². The van der Waals surface area contributed by atoms with Crippen molar-refractivity contribution in [2.24, 2.45) is 0 Å². The Balaban J connectivity index is 2.22. The van der Waals surface area contributed by atoms with Crippen molar-refractivity contribution in [2.45, 2.75) is 32.6 Å². The minimum absolute atomic E-state index is 0.293. The van der Waals surface area contributed by atoms with Gasteiger partial charge >= 0.3 is 5.97 Å². The van der Waals surface area contributed by atoms with Crippen molar-refractivity contribution >= 4 is 5.97 Å². The van der Waals surface area contributed by atoms with Gasteiger partial charge in [0.05, 0.1) is 12.5 Å². The summed E-state index contributed by atoms with van der Waals surface area (Å²) in [6, 6.07) is 12.0. The number of carboxylic acid groups (broad SMARTS) is 1. The third-order valence-electron chi connectivity index (χ3n) is 3.71. The van der Waals surface area contributed by atoms with Crippen molar-refractivity contribution in [2.75, 3.05) is 6.61 Å². The van der Waals surface area contributed by atoms with E-state index in [-0.39, 0.29) is 5.82 Å². The first-order valence-electron chi connectivity index (χ1n) is 7.72. The van der Waals surface area contributed by atoms with Crippen LogP contribution in [-0.2, 0) is 11.2 Å². The van der Waals surface area contributed by atoms with Crippen LogP contribution in [-0.4, -0.2) is 17.7 Å². The van der Waals surface area contributed by atoms with Gasteiger partial charge in [0, 0.05) is 0 Å². The summed E-state index contributed by atoms with van der Waals surface area (Å²) < 4.78 is 19.3. The topological polar surface area (TPSA) is 46.5 Å². The van der Waals surface area contributed by atoms with Crippen molar-refractivity contribution in [1.82, 2.24) is 0 Å². The number of ether oxygens (including phenoxy) is 1. The fourth-order valence-electron chi connectivity index (χ4n) is 2.39. The molecule has 0 spiro atoms. The Hall–Kier alpha value is -2.36. The van der Waals surface area contributed by atoms with Gasteiger partial charge in [-0.05, 0) is 54.7 Å². The number of rotatable bonds is 7. The van der Waals surface area contributed by atoms with Gasteiger partial charge in [-0.2, -0.15) is 0 Å². The molecule has 2 aromatic rings. The van der Waals surface area contributed by atoms with Crippen LogP contribution in [0.4, 0.5) is 4.39 Å². The number of carbonyl (C=O) groups is 1. The molecule has 0 bridgehead atoms. The van der Waals surface area contributed by atoms with Crippen LogP contribution >= 0.6 is 0 Å². The first-order chi connectivity index (χ1) is 11.0. The summed E-state index contributed by atoms with van der Waals surface area (Å²) in [6.45, 7) is 4.30. The highest BCUT2D eigenvalue weighted by Crippen LogP contribution is 2.25. The molecule has 1 unspecified atom stereocenters. The highest BCUT2D eigenvalue weighted by atomic mass is 19.1. The summed E-state index contributed by atoms with van der Waals surface area (Å²) in [6.07, 6.45) is 1.20. The van der Waals surface area contributed by atoms with Crippen molar-refractivity contribution < 1.29 is 19.0 Å². The van der Waals surface area contributed by atoms with E-state index in [2.05, 4.69) is 0 Å². The first-order valence-corrected chi connectivity index (χ1v) is 7.72. The van der Waals surface area contributed by atoms with Crippen molar-refractivity contribution in [1.29, 1.82) is 0 Å². The van der Waals surface area contributed by atoms with Crippen LogP contribution in [0, 0.1) is 12.7 Å². The van der Waals surface area contributed by atoms with Gasteiger partial charge in [0.2, 0.25) is 0 Å². The maximum absolute atomic E-state index is 13.7. The Morgan fingerprint density at radius 3 is 2.70 bits per heavy atom. The number of aryl methyl sites for hydroxylation is 1. The molecular formula is C19H21FO3. The van der Waals surface area contributed by atoms with E-state index in [1.807, 2.05) is 31.2 Å². The maximum atomic E-state index is 13.7. The standard InChI is InChI=1S/C19H21FO3/c1-3-9-23-16-6-4-5-14(10-16)11-17(19(21)22)15-8-7-13(2)18(20)12-15/h4-8,10,12,17H,3,9,11H2,1-2H3,(H,21,22). The summed E-state index contributed by atoms with van der Waals surface area (Å²) in [5.41, 5.74) is 1.83. The lowest BCUT2D eigenvalue weighted by Gasteiger charge is -2.14. The number of aliphatic carboxylic acids is 1. The third-order valence-corrected chi connectivity index (χ3v) is 3.71. The molecular weight excluding hydrogens is 295 g/mol. The highest BCUT2D eigenvalue weighted by Gasteiger charge is 2.21. The second kappa shape index (κ2) is 7.77. The molecule has 0 aliphatic rings. The largest absolute Gasteiger partial charge is 0.494 e. The van der Waals surface area contributed by atoms with E-state index >= 15 is 0 Å². The van der Waals surface area contributed by atoms with Gasteiger partial charge in [-0.1, -0.05) is 31.2 Å². The molecule has 4 heteroatoms. The molecule has 1 N–H and O–H groups in total. The van der Waals surface area contributed by atoms with Crippen LogP contribution < -0.4 is 4.74 Å². The molecule has 3 nitrogen and oxygen atoms in total. The molecule has 0 heterocycles. The predicted molar refractivity (Wildman–Crippen MR) is 87.4 cm³/mol. The van der Waals surface area contributed by atoms with E-state index in [0.29, 0.717) is 24.2 Å². The Morgan fingerprint density at radius 2 is 2.04 bits per heavy atom. The average molecular weight is 316 g/mol. The van der Waals surface area contributed by atoms with E-state index < -0.39 is 11.9 Å². The second-order valence-corrected chi connectivity index (χ2v) is 5.60. The van der Waals surface area contributed by atoms with E-state index in [1.54, 1.807) is 19.1 Å². The number of halogens is 1. The van der Waals surface area contributed by atoms with E-state index in [1.165, 1.54) is 6.07 Å². The van der Waals surface area contributed by atoms with Crippen LogP contribution in [0.25, 0.3) is 0 Å². The molecule has 0 saturated carbocycles. The van der Waals surface area contributed by atoms with Gasteiger partial charge in [-0.15, -0.1) is 0 Å². The van der Waals surface area contributed by atoms with Crippen molar-refractivity contribution in [3.63, 3.8) is 0 Å². The zero-order chi connectivity index (χ0) is 16.8. The number of hydrogen-bond acceptors (Lipinski definition) is 2. The number of carboxylic acids is 1. The molecule has 0 radical (unpaired) electrons. The third kappa shape index (κ3) is 4.55. The Morgan fingerprint density at radius 1 is 1.26 bits per heavy atom. The van der Waals surface area contributed by atoms with Crippen molar-refractivity contribution in [3.05, 3.63) is 65.0 Å². The molecule has 2 rings (SSSR count). The van der Waals surface area contributed by atoms with Crippen LogP contribution in [0.5, 0.6) is 5.75 Å². The Labute approximate surface area is 135 Å². The number of benzene rings is 2. The summed E-state index contributed by atoms with van der Waals surface area (Å²) in [5.74, 6) is -1.41. The molecule has 2 aromatic carbocycles. The highest BCUT2D eigenvalue weighted by molar-refractivity contribution is 5.76. The fraction of sp³-hybridized carbons (Fsp3) is 0.316. The monoisotopic (exact) mass is 316 g/mol. The van der Waals surface area contributed by atoms with Gasteiger partial charge in [-0.3, -0.25) is 4.79 Å². The SMILES string of the molecule is CCCOc1cccc(CC(C(=O)O)c2ccc(C)c(F)c2)c1. The Bertz CT molecular complexity index is 682. The molecule has 0 saturated heterocycles. The molecule has 1 atom stereocenters. The maximum Gasteiger partial charge on any atom is 0.311 e. The molecule has 0 aliphatic carbocycles. The van der Waals surface area contributed by atoms with E-state index in [4.69, 9.17) is 4.74 Å². The molecule has 23 heavy (non-hydrogen) atoms. The summed E-state index contributed by atoms with van der Waals surface area (Å²) in [4.78, 5) is 11.6. The summed E-state index contributed by atoms with van der Waals surface area (Å²) in [5, 5.41) is 9.51. The fourth-order valence-corrected chi connectivity index (χ4v) is 2.39. The average Bonchev–Trinajstić information content (AvgIpc) is 2.53. The summed E-state index contributed by atoms with van der Waals surface area (Å²) >= 11 is 0. The lowest BCUT2D eigenvalue weighted by atomic mass is 9.91. The quantitative estimate of drug-likeness (QED) is 0.827. The summed E-state index contributed by atoms with van der Waals surface area (Å²) in [7, 11) is 0. The molecule has 0 aliphatic heterocycles. The van der Waals surface area contributed by atoms with E-state index in [0.717, 1.165) is 17.7 Å². The lowest BCUT2D eigenvalue weighted by Crippen LogP contribution is -2.15. The molecule has 0 aromatic heterocycles. The predicted octanol–water partition coefficient (Wildman–Crippen LogP) is 4.33. The normalized spacial score (nSPS) is 12.0. The van der Waals surface area contributed by atoms with Gasteiger partial charge < -0.3 is 9.84 Å². The van der Waals surface area contributed by atoms with E-state index in [9.17, 15) is 14.3 Å². The van der Waals surface area contributed by atoms with Crippen LogP contribution in [0.2, 0.25) is 0 Å². The zero-order valence-electron chi connectivity index (χ0n) is 13.4. The minimum atomic E-state index is -0.965. The smallest absolute Gasteiger partial charge is 0.311 e. The molecule has 122 valence electrons. The first kappa shape index (κ1) is 17.0. The van der Waals surface area contributed by atoms with Gasteiger partial charge in [0.15, 0.2) is 0 Å². The van der Waals surface area contributed by atoms with Crippen LogP contribution in [0.3, 0.4) is 0 Å². The Kier molecular flexibility index (Phi) is 5.74. The van der Waals surface area contributed by atoms with Crippen LogP contribution in [0.15, 0.2) is 42.5 Å². The number of hydrogen-bond donors (Lipinski definition) is 1. The van der Waals surface area contributed by atoms with Gasteiger partial charge in [-0.25, -0.2) is 4.39 Å². The molecule has 0 amide bonds. The van der Waals surface area contributed by atoms with Gasteiger partial charge in [0.1, 0.15) is 11.6 Å². The van der Waals surface area contributed by atoms with Crippen LogP contribution in [0.1, 0.15) is 36.0 Å². The lowest BCUT2D eigenvalue weighted by molar-refractivity contribution is -0.138. The zero-order valence-corrected chi connectivity index (χ0v) is 13.4. The second-order valence-electron chi connectivity index (χ2n) is 5.60. The van der Waals surface area contributed by atoms with Gasteiger partial charge in [0.25, 0.3) is 0 Å². The minimum Gasteiger partial charge on any atom is -0.494 e. The molecule has 0 fully saturated rings.